The quantitative estimate of drug-likeness (QED) is 0.785. The molecule has 0 fully saturated rings. The Hall–Kier alpha value is -2.40. The molecule has 21 heavy (non-hydrogen) atoms. The first-order valence-corrected chi connectivity index (χ1v) is 6.63. The second-order valence-electron chi connectivity index (χ2n) is 4.58. The molecule has 4 nitrogen and oxygen atoms in total. The first-order chi connectivity index (χ1) is 10.0. The van der Waals surface area contributed by atoms with Gasteiger partial charge >= 0.3 is 0 Å². The summed E-state index contributed by atoms with van der Waals surface area (Å²) in [5, 5.41) is 3.21. The average Bonchev–Trinajstić information content (AvgIpc) is 2.73. The van der Waals surface area contributed by atoms with Gasteiger partial charge in [-0.05, 0) is 31.2 Å². The number of anilines is 1. The van der Waals surface area contributed by atoms with Gasteiger partial charge in [0.25, 0.3) is 5.91 Å². The molecule has 0 atom stereocenters. The van der Waals surface area contributed by atoms with Gasteiger partial charge < -0.3 is 5.32 Å². The number of benzene rings is 1. The van der Waals surface area contributed by atoms with Gasteiger partial charge in [0, 0.05) is 23.0 Å². The monoisotopic (exact) mass is 303 g/mol. The van der Waals surface area contributed by atoms with Gasteiger partial charge in [-0.25, -0.2) is 9.37 Å². The number of carbonyl (C=O) groups is 1. The highest BCUT2D eigenvalue weighted by atomic mass is 35.5. The van der Waals surface area contributed by atoms with E-state index in [1.54, 1.807) is 35.7 Å². The van der Waals surface area contributed by atoms with E-state index in [0.717, 1.165) is 0 Å². The van der Waals surface area contributed by atoms with Crippen LogP contribution in [-0.2, 0) is 0 Å². The summed E-state index contributed by atoms with van der Waals surface area (Å²) in [6, 6.07) is 9.08. The molecular formula is C15H11ClFN3O. The van der Waals surface area contributed by atoms with Crippen LogP contribution in [0.15, 0.2) is 42.6 Å². The van der Waals surface area contributed by atoms with E-state index in [1.165, 1.54) is 18.2 Å². The Morgan fingerprint density at radius 1 is 1.33 bits per heavy atom. The zero-order valence-electron chi connectivity index (χ0n) is 11.1. The van der Waals surface area contributed by atoms with E-state index in [1.807, 2.05) is 0 Å². The minimum atomic E-state index is -0.408. The number of aryl methyl sites for hydroxylation is 1. The summed E-state index contributed by atoms with van der Waals surface area (Å²) in [6.45, 7) is 1.74. The standard InChI is InChI=1S/C15H11ClFN3O/c1-9-14(20-6-5-10(16)7-13(20)18-9)15(21)19-12-4-2-3-11(17)8-12/h2-8H,1H3,(H,19,21). The van der Waals surface area contributed by atoms with Crippen LogP contribution < -0.4 is 5.32 Å². The Kier molecular flexibility index (Phi) is 3.35. The van der Waals surface area contributed by atoms with E-state index in [-0.39, 0.29) is 5.91 Å². The maximum atomic E-state index is 13.2. The Morgan fingerprint density at radius 3 is 2.90 bits per heavy atom. The van der Waals surface area contributed by atoms with E-state index < -0.39 is 5.82 Å². The molecule has 2 aromatic heterocycles. The minimum Gasteiger partial charge on any atom is -0.321 e. The maximum Gasteiger partial charge on any atom is 0.274 e. The van der Waals surface area contributed by atoms with Crippen molar-refractivity contribution in [1.82, 2.24) is 9.38 Å². The molecule has 0 aliphatic heterocycles. The van der Waals surface area contributed by atoms with Crippen LogP contribution in [-0.4, -0.2) is 15.3 Å². The van der Waals surface area contributed by atoms with Gasteiger partial charge in [-0.3, -0.25) is 9.20 Å². The number of imidazole rings is 1. The van der Waals surface area contributed by atoms with Gasteiger partial charge in [-0.1, -0.05) is 17.7 Å². The minimum absolute atomic E-state index is 0.354. The van der Waals surface area contributed by atoms with Crippen LogP contribution in [0.3, 0.4) is 0 Å². The molecule has 2 heterocycles. The second kappa shape index (κ2) is 5.18. The van der Waals surface area contributed by atoms with Gasteiger partial charge in [0.1, 0.15) is 17.2 Å². The van der Waals surface area contributed by atoms with Crippen molar-refractivity contribution in [2.75, 3.05) is 5.32 Å². The van der Waals surface area contributed by atoms with Crippen LogP contribution in [0.25, 0.3) is 5.65 Å². The highest BCUT2D eigenvalue weighted by molar-refractivity contribution is 6.30. The van der Waals surface area contributed by atoms with Crippen LogP contribution in [0, 0.1) is 12.7 Å². The average molecular weight is 304 g/mol. The highest BCUT2D eigenvalue weighted by Gasteiger charge is 2.17. The Labute approximate surface area is 125 Å². The molecule has 6 heteroatoms. The number of nitrogens with zero attached hydrogens (tertiary/aromatic N) is 2. The van der Waals surface area contributed by atoms with Crippen LogP contribution in [0.4, 0.5) is 10.1 Å². The number of amides is 1. The van der Waals surface area contributed by atoms with Crippen LogP contribution >= 0.6 is 11.6 Å². The molecule has 1 amide bonds. The van der Waals surface area contributed by atoms with Gasteiger partial charge in [0.15, 0.2) is 0 Å². The predicted molar refractivity (Wildman–Crippen MR) is 79.3 cm³/mol. The number of hydrogen-bond acceptors (Lipinski definition) is 2. The highest BCUT2D eigenvalue weighted by Crippen LogP contribution is 2.18. The van der Waals surface area contributed by atoms with Gasteiger partial charge in [-0.15, -0.1) is 0 Å². The maximum absolute atomic E-state index is 13.2. The van der Waals surface area contributed by atoms with Crippen molar-refractivity contribution in [3.05, 3.63) is 64.8 Å². The molecule has 106 valence electrons. The molecular weight excluding hydrogens is 293 g/mol. The second-order valence-corrected chi connectivity index (χ2v) is 5.02. The number of halogens is 2. The summed E-state index contributed by atoms with van der Waals surface area (Å²) in [4.78, 5) is 16.7. The lowest BCUT2D eigenvalue weighted by Crippen LogP contribution is -2.15. The third-order valence-corrected chi connectivity index (χ3v) is 3.30. The van der Waals surface area contributed by atoms with Crippen molar-refractivity contribution in [3.8, 4) is 0 Å². The number of hydrogen-bond donors (Lipinski definition) is 1. The van der Waals surface area contributed by atoms with E-state index in [9.17, 15) is 9.18 Å². The molecule has 3 rings (SSSR count). The first-order valence-electron chi connectivity index (χ1n) is 6.26. The molecule has 0 radical (unpaired) electrons. The third-order valence-electron chi connectivity index (χ3n) is 3.06. The van der Waals surface area contributed by atoms with Crippen molar-refractivity contribution in [3.63, 3.8) is 0 Å². The third kappa shape index (κ3) is 2.60. The van der Waals surface area contributed by atoms with E-state index in [2.05, 4.69) is 10.3 Å². The van der Waals surface area contributed by atoms with E-state index in [0.29, 0.717) is 27.7 Å². The van der Waals surface area contributed by atoms with Gasteiger partial charge in [0.2, 0.25) is 0 Å². The fourth-order valence-electron chi connectivity index (χ4n) is 2.17. The molecule has 0 bridgehead atoms. The predicted octanol–water partition coefficient (Wildman–Crippen LogP) is 3.69. The SMILES string of the molecule is Cc1nc2cc(Cl)ccn2c1C(=O)Nc1cccc(F)c1. The Balaban J connectivity index is 2.00. The van der Waals surface area contributed by atoms with Crippen molar-refractivity contribution in [2.24, 2.45) is 0 Å². The molecule has 1 aromatic carbocycles. The van der Waals surface area contributed by atoms with E-state index in [4.69, 9.17) is 11.6 Å². The zero-order chi connectivity index (χ0) is 15.0. The number of fused-ring (bicyclic) bond motifs is 1. The number of pyridine rings is 1. The van der Waals surface area contributed by atoms with E-state index >= 15 is 0 Å². The van der Waals surface area contributed by atoms with Gasteiger partial charge in [0.05, 0.1) is 5.69 Å². The van der Waals surface area contributed by atoms with Crippen molar-refractivity contribution in [1.29, 1.82) is 0 Å². The first kappa shape index (κ1) is 13.6. The lowest BCUT2D eigenvalue weighted by molar-refractivity contribution is 0.102. The van der Waals surface area contributed by atoms with Crippen LogP contribution in [0.2, 0.25) is 5.02 Å². The number of carbonyl (C=O) groups excluding carboxylic acids is 1. The molecule has 0 aliphatic carbocycles. The molecule has 1 N–H and O–H groups in total. The number of aromatic nitrogens is 2. The molecule has 0 saturated heterocycles. The molecule has 0 aliphatic rings. The topological polar surface area (TPSA) is 46.4 Å². The summed E-state index contributed by atoms with van der Waals surface area (Å²) in [5.74, 6) is -0.762. The summed E-state index contributed by atoms with van der Waals surface area (Å²) < 4.78 is 14.8. The van der Waals surface area contributed by atoms with Crippen molar-refractivity contribution >= 4 is 28.8 Å². The smallest absolute Gasteiger partial charge is 0.274 e. The normalized spacial score (nSPS) is 10.8. The fraction of sp³-hybridized carbons (Fsp3) is 0.0667. The lowest BCUT2D eigenvalue weighted by atomic mass is 10.2. The molecule has 3 aromatic rings. The fourth-order valence-corrected chi connectivity index (χ4v) is 2.32. The van der Waals surface area contributed by atoms with Crippen LogP contribution in [0.5, 0.6) is 0 Å². The Morgan fingerprint density at radius 2 is 2.14 bits per heavy atom. The molecule has 0 unspecified atom stereocenters. The zero-order valence-corrected chi connectivity index (χ0v) is 11.9. The number of nitrogens with one attached hydrogen (secondary N) is 1. The molecule has 0 spiro atoms. The summed E-state index contributed by atoms with van der Waals surface area (Å²) >= 11 is 5.91. The van der Waals surface area contributed by atoms with Crippen molar-refractivity contribution < 1.29 is 9.18 Å². The largest absolute Gasteiger partial charge is 0.321 e. The number of rotatable bonds is 2. The lowest BCUT2D eigenvalue weighted by Gasteiger charge is -2.06. The molecule has 0 saturated carbocycles. The summed E-state index contributed by atoms with van der Waals surface area (Å²) in [6.07, 6.45) is 1.68. The summed E-state index contributed by atoms with van der Waals surface area (Å²) in [5.41, 5.74) is 1.95. The summed E-state index contributed by atoms with van der Waals surface area (Å²) in [7, 11) is 0. The van der Waals surface area contributed by atoms with Crippen molar-refractivity contribution in [2.45, 2.75) is 6.92 Å². The Bertz CT molecular complexity index is 844. The van der Waals surface area contributed by atoms with Gasteiger partial charge in [-0.2, -0.15) is 0 Å². The van der Waals surface area contributed by atoms with Crippen LogP contribution in [0.1, 0.15) is 16.2 Å².